The molecule has 0 aromatic heterocycles. The van der Waals surface area contributed by atoms with Gasteiger partial charge in [0, 0.05) is 18.3 Å². The second kappa shape index (κ2) is 5.86. The van der Waals surface area contributed by atoms with Crippen molar-refractivity contribution in [3.8, 4) is 0 Å². The zero-order valence-electron chi connectivity index (χ0n) is 7.23. The molecule has 1 fully saturated rings. The Kier molecular flexibility index (Phi) is 4.99. The van der Waals surface area contributed by atoms with Crippen LogP contribution in [0.4, 0.5) is 0 Å². The molecule has 0 saturated carbocycles. The molecule has 1 heterocycles. The number of rotatable bonds is 4. The molecule has 0 unspecified atom stereocenters. The Labute approximate surface area is 73.5 Å². The van der Waals surface area contributed by atoms with Gasteiger partial charge in [-0.3, -0.25) is 0 Å². The van der Waals surface area contributed by atoms with Crippen LogP contribution in [-0.4, -0.2) is 37.7 Å². The van der Waals surface area contributed by atoms with E-state index < -0.39 is 0 Å². The molecule has 0 amide bonds. The van der Waals surface area contributed by atoms with Gasteiger partial charge in [-0.1, -0.05) is 0 Å². The fourth-order valence-electron chi connectivity index (χ4n) is 1.39. The molecule has 11 heavy (non-hydrogen) atoms. The second-order valence-electron chi connectivity index (χ2n) is 2.97. The average molecular weight is 174 g/mol. The van der Waals surface area contributed by atoms with Gasteiger partial charge in [-0.05, 0) is 32.2 Å². The van der Waals surface area contributed by atoms with Crippen LogP contribution in [0.1, 0.15) is 12.8 Å². The molecule has 66 valence electrons. The maximum atomic E-state index is 3.56. The van der Waals surface area contributed by atoms with Crippen molar-refractivity contribution in [3.63, 3.8) is 0 Å². The molecule has 0 aliphatic carbocycles. The first-order valence-corrected chi connectivity index (χ1v) is 5.76. The number of hydrogen-bond donors (Lipinski definition) is 2. The van der Waals surface area contributed by atoms with E-state index in [1.54, 1.807) is 0 Å². The SMILES string of the molecule is CSCCNC1CCNCC1. The fourth-order valence-corrected chi connectivity index (χ4v) is 1.71. The van der Waals surface area contributed by atoms with Gasteiger partial charge >= 0.3 is 0 Å². The second-order valence-corrected chi connectivity index (χ2v) is 3.96. The molecule has 0 aromatic rings. The highest BCUT2D eigenvalue weighted by molar-refractivity contribution is 7.98. The van der Waals surface area contributed by atoms with Crippen molar-refractivity contribution in [1.82, 2.24) is 10.6 Å². The Balaban J connectivity index is 1.96. The van der Waals surface area contributed by atoms with Crippen LogP contribution >= 0.6 is 11.8 Å². The number of nitrogens with one attached hydrogen (secondary N) is 2. The highest BCUT2D eigenvalue weighted by atomic mass is 32.2. The molecule has 2 N–H and O–H groups in total. The lowest BCUT2D eigenvalue weighted by Crippen LogP contribution is -2.40. The van der Waals surface area contributed by atoms with Crippen molar-refractivity contribution >= 4 is 11.8 Å². The van der Waals surface area contributed by atoms with Crippen molar-refractivity contribution in [2.75, 3.05) is 31.6 Å². The largest absolute Gasteiger partial charge is 0.317 e. The summed E-state index contributed by atoms with van der Waals surface area (Å²) in [5.41, 5.74) is 0. The van der Waals surface area contributed by atoms with E-state index in [1.165, 1.54) is 38.2 Å². The van der Waals surface area contributed by atoms with Gasteiger partial charge in [-0.25, -0.2) is 0 Å². The Bertz CT molecular complexity index is 92.1. The summed E-state index contributed by atoms with van der Waals surface area (Å²) in [7, 11) is 0. The summed E-state index contributed by atoms with van der Waals surface area (Å²) < 4.78 is 0. The van der Waals surface area contributed by atoms with Gasteiger partial charge in [0.25, 0.3) is 0 Å². The van der Waals surface area contributed by atoms with E-state index in [4.69, 9.17) is 0 Å². The molecule has 1 rings (SSSR count). The minimum Gasteiger partial charge on any atom is -0.317 e. The normalized spacial score (nSPS) is 20.5. The lowest BCUT2D eigenvalue weighted by atomic mass is 10.1. The molecule has 1 aliphatic heterocycles. The third-order valence-electron chi connectivity index (χ3n) is 2.08. The van der Waals surface area contributed by atoms with Gasteiger partial charge in [0.2, 0.25) is 0 Å². The fraction of sp³-hybridized carbons (Fsp3) is 1.00. The lowest BCUT2D eigenvalue weighted by molar-refractivity contribution is 0.395. The van der Waals surface area contributed by atoms with E-state index in [2.05, 4.69) is 16.9 Å². The number of thioether (sulfide) groups is 1. The Hall–Kier alpha value is 0.270. The van der Waals surface area contributed by atoms with Crippen LogP contribution in [0.25, 0.3) is 0 Å². The van der Waals surface area contributed by atoms with Crippen LogP contribution in [0, 0.1) is 0 Å². The number of piperidine rings is 1. The first kappa shape index (κ1) is 9.36. The standard InChI is InChI=1S/C8H18N2S/c1-11-7-6-10-8-2-4-9-5-3-8/h8-10H,2-7H2,1H3. The molecule has 3 heteroatoms. The summed E-state index contributed by atoms with van der Waals surface area (Å²) in [6, 6.07) is 0.781. The van der Waals surface area contributed by atoms with Gasteiger partial charge in [-0.15, -0.1) is 0 Å². The zero-order valence-corrected chi connectivity index (χ0v) is 8.04. The van der Waals surface area contributed by atoms with Gasteiger partial charge < -0.3 is 10.6 Å². The van der Waals surface area contributed by atoms with E-state index in [1.807, 2.05) is 11.8 Å². The molecule has 0 radical (unpaired) electrons. The van der Waals surface area contributed by atoms with Crippen LogP contribution in [0.3, 0.4) is 0 Å². The molecule has 0 bridgehead atoms. The van der Waals surface area contributed by atoms with Crippen molar-refractivity contribution in [3.05, 3.63) is 0 Å². The smallest absolute Gasteiger partial charge is 0.00915 e. The van der Waals surface area contributed by atoms with Crippen LogP contribution in [0.2, 0.25) is 0 Å². The summed E-state index contributed by atoms with van der Waals surface area (Å²) in [6.07, 6.45) is 4.76. The first-order valence-electron chi connectivity index (χ1n) is 4.36. The minimum atomic E-state index is 0.781. The van der Waals surface area contributed by atoms with Crippen LogP contribution < -0.4 is 10.6 Å². The Morgan fingerprint density at radius 2 is 2.18 bits per heavy atom. The summed E-state index contributed by atoms with van der Waals surface area (Å²) in [6.45, 7) is 3.56. The van der Waals surface area contributed by atoms with E-state index in [9.17, 15) is 0 Å². The van der Waals surface area contributed by atoms with Gasteiger partial charge in [0.05, 0.1) is 0 Å². The van der Waals surface area contributed by atoms with E-state index in [0.717, 1.165) is 6.04 Å². The summed E-state index contributed by atoms with van der Waals surface area (Å²) in [5, 5.41) is 6.92. The monoisotopic (exact) mass is 174 g/mol. The molecule has 0 atom stereocenters. The first-order chi connectivity index (χ1) is 5.43. The minimum absolute atomic E-state index is 0.781. The maximum absolute atomic E-state index is 3.56. The zero-order chi connectivity index (χ0) is 7.94. The molecular weight excluding hydrogens is 156 g/mol. The maximum Gasteiger partial charge on any atom is 0.00915 e. The summed E-state index contributed by atoms with van der Waals surface area (Å²) >= 11 is 1.91. The molecule has 1 aliphatic rings. The van der Waals surface area contributed by atoms with Crippen LogP contribution in [-0.2, 0) is 0 Å². The predicted molar refractivity (Wildman–Crippen MR) is 52.3 cm³/mol. The van der Waals surface area contributed by atoms with Crippen molar-refractivity contribution < 1.29 is 0 Å². The quantitative estimate of drug-likeness (QED) is 0.613. The highest BCUT2D eigenvalue weighted by Gasteiger charge is 2.10. The van der Waals surface area contributed by atoms with Gasteiger partial charge in [-0.2, -0.15) is 11.8 Å². The van der Waals surface area contributed by atoms with E-state index in [0.29, 0.717) is 0 Å². The topological polar surface area (TPSA) is 24.1 Å². The Morgan fingerprint density at radius 1 is 1.45 bits per heavy atom. The Morgan fingerprint density at radius 3 is 2.82 bits per heavy atom. The van der Waals surface area contributed by atoms with Crippen LogP contribution in [0.5, 0.6) is 0 Å². The van der Waals surface area contributed by atoms with E-state index in [-0.39, 0.29) is 0 Å². The van der Waals surface area contributed by atoms with Crippen LogP contribution in [0.15, 0.2) is 0 Å². The van der Waals surface area contributed by atoms with Gasteiger partial charge in [0.1, 0.15) is 0 Å². The third-order valence-corrected chi connectivity index (χ3v) is 2.69. The molecular formula is C8H18N2S. The highest BCUT2D eigenvalue weighted by Crippen LogP contribution is 2.01. The number of hydrogen-bond acceptors (Lipinski definition) is 3. The van der Waals surface area contributed by atoms with E-state index >= 15 is 0 Å². The molecule has 0 aromatic carbocycles. The van der Waals surface area contributed by atoms with Crippen molar-refractivity contribution in [2.24, 2.45) is 0 Å². The summed E-state index contributed by atoms with van der Waals surface area (Å²) in [5.74, 6) is 1.24. The van der Waals surface area contributed by atoms with Crippen molar-refractivity contribution in [1.29, 1.82) is 0 Å². The lowest BCUT2D eigenvalue weighted by Gasteiger charge is -2.23. The predicted octanol–water partition coefficient (Wildman–Crippen LogP) is 0.691. The average Bonchev–Trinajstić information content (AvgIpc) is 2.07. The van der Waals surface area contributed by atoms with Gasteiger partial charge in [0.15, 0.2) is 0 Å². The molecule has 2 nitrogen and oxygen atoms in total. The molecule has 1 saturated heterocycles. The molecule has 0 spiro atoms. The van der Waals surface area contributed by atoms with Crippen molar-refractivity contribution in [2.45, 2.75) is 18.9 Å². The third kappa shape index (κ3) is 3.99. The summed E-state index contributed by atoms with van der Waals surface area (Å²) in [4.78, 5) is 0.